The standard InChI is InChI=1S/C44H32BNOSSi.C42H26BF2NOSSi.C42H28BNOSSi/c1-29-21-23-36-42(25-29)49(32-13-5-3-6-14-32,33-15-7-4-8-16-33)43-26-30(2)22-24-37(43)46(36)31-27-39-44-41(28-31)48-40-20-12-10-18-35(40)45(44)34-17-9-11-19-38(34)47-39;44-27-19-21-34-40(23-27)49(30-11-3-1-4-12-30,31-13-5-2-6-14-31)41-24-28(45)20-22-35(41)46(34)29-25-37-42-39(26-29)48-38-18-10-8-16-33(38)43(42)32-15-7-9-17-36(32)47-37;1-3-15-29(16-4-1)47(30-17-5-2-6-18-30)39-27-11-8-20-32(39)44(33-21-9-12-28-40(33)47)34-22-13-23-35-41(34)43-31-19-7-10-25-37(31)46-38-26-14-24-36(45-35)42(38)43/h3-28H,1-2H3;1-26H;1-28H. The van der Waals surface area contributed by atoms with Crippen molar-refractivity contribution in [3.05, 3.63) is 508 Å². The molecule has 145 heavy (non-hydrogen) atoms. The first-order valence-corrected chi connectivity index (χ1v) is 57.9. The number of hydrogen-bond donors (Lipinski definition) is 0. The second-order valence-corrected chi connectivity index (χ2v) is 53.0. The summed E-state index contributed by atoms with van der Waals surface area (Å²) in [5.41, 5.74) is 23.7. The Balaban J connectivity index is 0.000000106. The molecule has 0 fully saturated rings. The topological polar surface area (TPSA) is 37.4 Å². The normalized spacial score (nSPS) is 14.5. The number of benzene rings is 21. The van der Waals surface area contributed by atoms with E-state index < -0.39 is 24.2 Å². The number of anilines is 9. The van der Waals surface area contributed by atoms with Gasteiger partial charge in [-0.25, -0.2) is 8.78 Å². The maximum Gasteiger partial charge on any atom is 0.256 e. The van der Waals surface area contributed by atoms with E-state index in [0.29, 0.717) is 0 Å². The van der Waals surface area contributed by atoms with Crippen molar-refractivity contribution in [2.24, 2.45) is 0 Å². The monoisotopic (exact) mass is 1960 g/mol. The molecule has 684 valence electrons. The van der Waals surface area contributed by atoms with Gasteiger partial charge in [0, 0.05) is 81.3 Å². The van der Waals surface area contributed by atoms with Crippen molar-refractivity contribution in [1.82, 2.24) is 0 Å². The lowest BCUT2D eigenvalue weighted by atomic mass is 9.35. The minimum Gasteiger partial charge on any atom is -0.458 e. The van der Waals surface area contributed by atoms with Crippen LogP contribution in [0, 0.1) is 25.5 Å². The summed E-state index contributed by atoms with van der Waals surface area (Å²) in [6.45, 7) is 4.71. The van der Waals surface area contributed by atoms with Gasteiger partial charge in [-0.1, -0.05) is 409 Å². The van der Waals surface area contributed by atoms with Crippen molar-refractivity contribution in [2.75, 3.05) is 14.7 Å². The summed E-state index contributed by atoms with van der Waals surface area (Å²) in [4.78, 5) is 14.7. The van der Waals surface area contributed by atoms with Crippen LogP contribution in [0.15, 0.2) is 515 Å². The van der Waals surface area contributed by atoms with Gasteiger partial charge in [0.25, 0.3) is 20.1 Å². The molecule has 0 unspecified atom stereocenters. The molecule has 30 rings (SSSR count). The summed E-state index contributed by atoms with van der Waals surface area (Å²) in [5.74, 6) is 4.76. The Morgan fingerprint density at radius 1 is 0.200 bits per heavy atom. The largest absolute Gasteiger partial charge is 0.458 e. The van der Waals surface area contributed by atoms with Gasteiger partial charge in [-0.3, -0.25) is 0 Å². The molecule has 9 aliphatic heterocycles. The minimum absolute atomic E-state index is 0.0433. The molecule has 0 spiro atoms. The predicted octanol–water partition coefficient (Wildman–Crippen LogP) is 18.7. The lowest BCUT2D eigenvalue weighted by Crippen LogP contribution is -2.77. The second-order valence-electron chi connectivity index (χ2n) is 38.5. The molecule has 0 aliphatic carbocycles. The lowest BCUT2D eigenvalue weighted by Gasteiger charge is -2.46. The van der Waals surface area contributed by atoms with E-state index in [2.05, 4.69) is 429 Å². The first kappa shape index (κ1) is 87.0. The fourth-order valence-corrected chi connectivity index (χ4v) is 44.1. The molecule has 9 heterocycles. The van der Waals surface area contributed by atoms with E-state index in [1.165, 1.54) is 156 Å². The third kappa shape index (κ3) is 13.5. The van der Waals surface area contributed by atoms with Crippen molar-refractivity contribution >= 4 is 242 Å². The molecule has 0 N–H and O–H groups in total. The molecular weight excluding hydrogens is 1880 g/mol. The molecule has 0 radical (unpaired) electrons. The summed E-state index contributed by atoms with van der Waals surface area (Å²) < 4.78 is 51.6. The molecule has 21 aromatic rings. The number of para-hydroxylation sites is 4. The van der Waals surface area contributed by atoms with Gasteiger partial charge in [-0.05, 0) is 236 Å². The maximum atomic E-state index is 15.6. The second kappa shape index (κ2) is 34.8. The SMILES string of the molecule is Cc1ccc2c(c1)[Si](c1ccccc1)(c1ccccc1)c1cc(C)ccc1N2c1cc2c3c(c1)Sc1ccccc1B3c1ccccc1O2.Fc1ccc2c(c1)[Si](c1ccccc1)(c1ccccc1)c1cc(F)ccc1N2c1cc2c3c(c1)Sc1ccccc1B3c1ccccc1O2.c1ccc([Si]2(c3ccccc3)c3ccccc3N(c3cccc4c3B3c5ccccc5Sc5cccc(c53)O4)c3ccccc32)cc1. The van der Waals surface area contributed by atoms with Gasteiger partial charge in [0.05, 0.1) is 11.4 Å². The Hall–Kier alpha value is -15.8. The third-order valence-electron chi connectivity index (χ3n) is 30.8. The van der Waals surface area contributed by atoms with Crippen LogP contribution in [-0.4, -0.2) is 44.4 Å². The first-order chi connectivity index (χ1) is 71.6. The van der Waals surface area contributed by atoms with E-state index in [-0.39, 0.29) is 31.8 Å². The molecule has 0 saturated carbocycles. The van der Waals surface area contributed by atoms with Crippen LogP contribution in [0.5, 0.6) is 34.5 Å². The Labute approximate surface area is 858 Å². The highest BCUT2D eigenvalue weighted by molar-refractivity contribution is 8.00. The molecule has 0 bridgehead atoms. The number of hydrogen-bond acceptors (Lipinski definition) is 9. The van der Waals surface area contributed by atoms with Crippen LogP contribution in [0.2, 0.25) is 0 Å². The summed E-state index contributed by atoms with van der Waals surface area (Å²) in [6, 6.07) is 173. The molecule has 17 heteroatoms. The Bertz CT molecular complexity index is 8090. The van der Waals surface area contributed by atoms with Gasteiger partial charge in [0.1, 0.15) is 46.1 Å². The molecule has 21 aromatic carbocycles. The third-order valence-corrected chi connectivity index (χ3v) is 48.7. The van der Waals surface area contributed by atoms with Gasteiger partial charge >= 0.3 is 0 Å². The van der Waals surface area contributed by atoms with Crippen LogP contribution in [0.25, 0.3) is 0 Å². The number of ether oxygens (including phenoxy) is 3. The lowest BCUT2D eigenvalue weighted by molar-refractivity contribution is 0.486. The highest BCUT2D eigenvalue weighted by atomic mass is 32.2. The van der Waals surface area contributed by atoms with Crippen molar-refractivity contribution < 1.29 is 23.0 Å². The molecule has 6 nitrogen and oxygen atoms in total. The van der Waals surface area contributed by atoms with Crippen LogP contribution < -0.4 is 140 Å². The Morgan fingerprint density at radius 2 is 0.483 bits per heavy atom. The van der Waals surface area contributed by atoms with Crippen LogP contribution in [0.4, 0.5) is 60.0 Å². The van der Waals surface area contributed by atoms with Crippen LogP contribution >= 0.6 is 35.3 Å². The summed E-state index contributed by atoms with van der Waals surface area (Å²) in [7, 11) is -8.65. The van der Waals surface area contributed by atoms with E-state index in [1.807, 2.05) is 84.2 Å². The summed E-state index contributed by atoms with van der Waals surface area (Å²) in [5, 5.41) is 15.1. The van der Waals surface area contributed by atoms with Crippen molar-refractivity contribution in [3.8, 4) is 34.5 Å². The van der Waals surface area contributed by atoms with Crippen molar-refractivity contribution in [1.29, 1.82) is 0 Å². The molecule has 0 amide bonds. The predicted molar refractivity (Wildman–Crippen MR) is 609 cm³/mol. The summed E-state index contributed by atoms with van der Waals surface area (Å²) >= 11 is 5.46. The van der Waals surface area contributed by atoms with E-state index in [4.69, 9.17) is 14.2 Å². The molecule has 0 aromatic heterocycles. The highest BCUT2D eigenvalue weighted by Gasteiger charge is 2.55. The van der Waals surface area contributed by atoms with Gasteiger partial charge < -0.3 is 28.9 Å². The number of halogens is 2. The fourth-order valence-electron chi connectivity index (χ4n) is 25.0. The molecular formula is C128H86B3F2N3O3S3Si3. The average molecular weight is 1970 g/mol. The van der Waals surface area contributed by atoms with E-state index >= 15 is 8.78 Å². The Morgan fingerprint density at radius 3 is 0.897 bits per heavy atom. The average Bonchev–Trinajstić information content (AvgIpc) is 0.692. The number of aryl methyl sites for hydroxylation is 2. The van der Waals surface area contributed by atoms with Gasteiger partial charge in [-0.15, -0.1) is 0 Å². The zero-order chi connectivity index (χ0) is 96.3. The van der Waals surface area contributed by atoms with E-state index in [1.54, 1.807) is 23.9 Å². The number of nitrogens with zero attached hydrogens (tertiary/aromatic N) is 3. The zero-order valence-corrected chi connectivity index (χ0v) is 84.4. The summed E-state index contributed by atoms with van der Waals surface area (Å²) in [6.07, 6.45) is 0. The molecule has 0 atom stereocenters. The highest BCUT2D eigenvalue weighted by Crippen LogP contribution is 2.50. The number of fused-ring (bicyclic) bond motifs is 18. The van der Waals surface area contributed by atoms with Crippen LogP contribution in [0.1, 0.15) is 11.1 Å². The van der Waals surface area contributed by atoms with E-state index in [9.17, 15) is 0 Å². The quantitative estimate of drug-likeness (QED) is 0.131. The van der Waals surface area contributed by atoms with E-state index in [0.717, 1.165) is 93.8 Å². The van der Waals surface area contributed by atoms with Crippen LogP contribution in [-0.2, 0) is 0 Å². The minimum atomic E-state index is -3.22. The maximum absolute atomic E-state index is 15.6. The fraction of sp³-hybridized carbons (Fsp3) is 0.0156. The first-order valence-electron chi connectivity index (χ1n) is 49.4. The Kier molecular flexibility index (Phi) is 20.9. The van der Waals surface area contributed by atoms with Crippen LogP contribution in [0.3, 0.4) is 0 Å². The zero-order valence-electron chi connectivity index (χ0n) is 79.0. The van der Waals surface area contributed by atoms with Gasteiger partial charge in [0.15, 0.2) is 24.2 Å². The van der Waals surface area contributed by atoms with Crippen molar-refractivity contribution in [3.63, 3.8) is 0 Å². The molecule has 0 saturated heterocycles. The molecule has 9 aliphatic rings. The van der Waals surface area contributed by atoms with Gasteiger partial charge in [0.2, 0.25) is 0 Å². The van der Waals surface area contributed by atoms with Gasteiger partial charge in [-0.2, -0.15) is 0 Å². The van der Waals surface area contributed by atoms with Crippen molar-refractivity contribution in [2.45, 2.75) is 43.2 Å². The number of rotatable bonds is 9. The smallest absolute Gasteiger partial charge is 0.256 e.